The van der Waals surface area contributed by atoms with Crippen LogP contribution in [0.1, 0.15) is 40.0 Å². The molecule has 0 spiro atoms. The van der Waals surface area contributed by atoms with Gasteiger partial charge < -0.3 is 10.2 Å². The second-order valence-corrected chi connectivity index (χ2v) is 5.90. The number of amides is 1. The Bertz CT molecular complexity index is 236. The summed E-state index contributed by atoms with van der Waals surface area (Å²) in [5.74, 6) is 0.149. The van der Waals surface area contributed by atoms with Crippen LogP contribution in [0.25, 0.3) is 0 Å². The molecular formula is C12H24N2O. The molecule has 0 aliphatic heterocycles. The topological polar surface area (TPSA) is 32.3 Å². The van der Waals surface area contributed by atoms with Crippen LogP contribution >= 0.6 is 0 Å². The average molecular weight is 212 g/mol. The first kappa shape index (κ1) is 12.5. The molecular weight excluding hydrogens is 188 g/mol. The zero-order valence-electron chi connectivity index (χ0n) is 10.7. The SMILES string of the molecule is CN(C)C1(CNC(=O)C(C)(C)C)CCC1. The molecule has 1 amide bonds. The van der Waals surface area contributed by atoms with Crippen LogP contribution in [-0.4, -0.2) is 37.0 Å². The molecule has 88 valence electrons. The molecule has 0 aromatic rings. The van der Waals surface area contributed by atoms with Crippen LogP contribution in [0.2, 0.25) is 0 Å². The summed E-state index contributed by atoms with van der Waals surface area (Å²) < 4.78 is 0. The third kappa shape index (κ3) is 2.71. The predicted molar refractivity (Wildman–Crippen MR) is 62.7 cm³/mol. The highest BCUT2D eigenvalue weighted by Crippen LogP contribution is 2.35. The van der Waals surface area contributed by atoms with E-state index in [0.717, 1.165) is 6.54 Å². The number of nitrogens with zero attached hydrogens (tertiary/aromatic N) is 1. The molecule has 0 unspecified atom stereocenters. The number of hydrogen-bond donors (Lipinski definition) is 1. The van der Waals surface area contributed by atoms with Gasteiger partial charge in [0.1, 0.15) is 0 Å². The zero-order chi connectivity index (χ0) is 11.7. The van der Waals surface area contributed by atoms with Gasteiger partial charge in [0.2, 0.25) is 5.91 Å². The standard InChI is InChI=1S/C12H24N2O/c1-11(2,3)10(15)13-9-12(14(4)5)7-6-8-12/h6-9H2,1-5H3,(H,13,15). The molecule has 0 bridgehead atoms. The van der Waals surface area contributed by atoms with Crippen molar-refractivity contribution in [2.75, 3.05) is 20.6 Å². The van der Waals surface area contributed by atoms with Gasteiger partial charge in [0, 0.05) is 17.5 Å². The molecule has 1 aliphatic carbocycles. The second-order valence-electron chi connectivity index (χ2n) is 5.90. The number of rotatable bonds is 3. The summed E-state index contributed by atoms with van der Waals surface area (Å²) in [6, 6.07) is 0. The smallest absolute Gasteiger partial charge is 0.225 e. The van der Waals surface area contributed by atoms with Crippen molar-refractivity contribution in [2.24, 2.45) is 5.41 Å². The van der Waals surface area contributed by atoms with Crippen LogP contribution in [-0.2, 0) is 4.79 Å². The van der Waals surface area contributed by atoms with Gasteiger partial charge in [-0.25, -0.2) is 0 Å². The van der Waals surface area contributed by atoms with Crippen molar-refractivity contribution in [1.29, 1.82) is 0 Å². The van der Waals surface area contributed by atoms with E-state index in [9.17, 15) is 4.79 Å². The third-order valence-electron chi connectivity index (χ3n) is 3.49. The minimum absolute atomic E-state index is 0.149. The van der Waals surface area contributed by atoms with Crippen molar-refractivity contribution in [3.05, 3.63) is 0 Å². The van der Waals surface area contributed by atoms with Crippen molar-refractivity contribution >= 4 is 5.91 Å². The van der Waals surface area contributed by atoms with Crippen LogP contribution in [0.4, 0.5) is 0 Å². The first-order valence-electron chi connectivity index (χ1n) is 5.74. The fourth-order valence-electron chi connectivity index (χ4n) is 1.88. The molecule has 3 heteroatoms. The fraction of sp³-hybridized carbons (Fsp3) is 0.917. The number of carbonyl (C=O) groups excluding carboxylic acids is 1. The third-order valence-corrected chi connectivity index (χ3v) is 3.49. The maximum Gasteiger partial charge on any atom is 0.225 e. The van der Waals surface area contributed by atoms with Crippen LogP contribution in [0.3, 0.4) is 0 Å². The van der Waals surface area contributed by atoms with Crippen molar-refractivity contribution in [1.82, 2.24) is 10.2 Å². The second kappa shape index (κ2) is 4.12. The van der Waals surface area contributed by atoms with Gasteiger partial charge in [-0.3, -0.25) is 4.79 Å². The van der Waals surface area contributed by atoms with E-state index in [2.05, 4.69) is 24.3 Å². The van der Waals surface area contributed by atoms with Crippen molar-refractivity contribution in [3.63, 3.8) is 0 Å². The Kier molecular flexibility index (Phi) is 3.44. The number of hydrogen-bond acceptors (Lipinski definition) is 2. The van der Waals surface area contributed by atoms with Crippen LogP contribution in [0, 0.1) is 5.41 Å². The van der Waals surface area contributed by atoms with E-state index in [1.54, 1.807) is 0 Å². The van der Waals surface area contributed by atoms with E-state index in [4.69, 9.17) is 0 Å². The quantitative estimate of drug-likeness (QED) is 0.771. The maximum atomic E-state index is 11.7. The fourth-order valence-corrected chi connectivity index (χ4v) is 1.88. The average Bonchev–Trinajstić information content (AvgIpc) is 1.99. The molecule has 15 heavy (non-hydrogen) atoms. The molecule has 0 radical (unpaired) electrons. The molecule has 0 aromatic heterocycles. The minimum Gasteiger partial charge on any atom is -0.354 e. The summed E-state index contributed by atoms with van der Waals surface area (Å²) in [4.78, 5) is 14.0. The number of nitrogens with one attached hydrogen (secondary N) is 1. The lowest BCUT2D eigenvalue weighted by Gasteiger charge is -2.47. The maximum absolute atomic E-state index is 11.7. The van der Waals surface area contributed by atoms with E-state index >= 15 is 0 Å². The molecule has 1 saturated carbocycles. The number of likely N-dealkylation sites (N-methyl/N-ethyl adjacent to an activating group) is 1. The summed E-state index contributed by atoms with van der Waals surface area (Å²) in [5, 5.41) is 3.07. The Morgan fingerprint density at radius 1 is 1.33 bits per heavy atom. The summed E-state index contributed by atoms with van der Waals surface area (Å²) >= 11 is 0. The van der Waals surface area contributed by atoms with E-state index in [1.807, 2.05) is 20.8 Å². The van der Waals surface area contributed by atoms with E-state index in [-0.39, 0.29) is 16.9 Å². The van der Waals surface area contributed by atoms with Gasteiger partial charge in [-0.1, -0.05) is 20.8 Å². The van der Waals surface area contributed by atoms with Gasteiger partial charge in [0.15, 0.2) is 0 Å². The lowest BCUT2D eigenvalue weighted by atomic mass is 9.75. The zero-order valence-corrected chi connectivity index (χ0v) is 10.7. The van der Waals surface area contributed by atoms with Crippen LogP contribution in [0.5, 0.6) is 0 Å². The molecule has 1 fully saturated rings. The molecule has 0 atom stereocenters. The van der Waals surface area contributed by atoms with E-state index < -0.39 is 0 Å². The Morgan fingerprint density at radius 2 is 1.87 bits per heavy atom. The Labute approximate surface area is 93.2 Å². The molecule has 1 aliphatic rings. The van der Waals surface area contributed by atoms with Crippen molar-refractivity contribution in [2.45, 2.75) is 45.6 Å². The van der Waals surface area contributed by atoms with Crippen LogP contribution < -0.4 is 5.32 Å². The van der Waals surface area contributed by atoms with Gasteiger partial charge in [-0.2, -0.15) is 0 Å². The number of carbonyl (C=O) groups is 1. The monoisotopic (exact) mass is 212 g/mol. The Hall–Kier alpha value is -0.570. The highest BCUT2D eigenvalue weighted by molar-refractivity contribution is 5.81. The summed E-state index contributed by atoms with van der Waals surface area (Å²) in [7, 11) is 4.20. The molecule has 0 saturated heterocycles. The highest BCUT2D eigenvalue weighted by atomic mass is 16.2. The summed E-state index contributed by atoms with van der Waals surface area (Å²) in [6.45, 7) is 6.64. The van der Waals surface area contributed by atoms with E-state index in [1.165, 1.54) is 19.3 Å². The molecule has 0 heterocycles. The molecule has 3 nitrogen and oxygen atoms in total. The van der Waals surface area contributed by atoms with E-state index in [0.29, 0.717) is 0 Å². The highest BCUT2D eigenvalue weighted by Gasteiger charge is 2.39. The normalized spacial score (nSPS) is 19.9. The summed E-state index contributed by atoms with van der Waals surface area (Å²) in [5.41, 5.74) is -0.0574. The lowest BCUT2D eigenvalue weighted by Crippen LogP contribution is -2.58. The first-order chi connectivity index (χ1) is 6.78. The van der Waals surface area contributed by atoms with Gasteiger partial charge in [0.05, 0.1) is 0 Å². The van der Waals surface area contributed by atoms with Gasteiger partial charge >= 0.3 is 0 Å². The molecule has 0 aromatic carbocycles. The van der Waals surface area contributed by atoms with Gasteiger partial charge in [0.25, 0.3) is 0 Å². The lowest BCUT2D eigenvalue weighted by molar-refractivity contribution is -0.129. The van der Waals surface area contributed by atoms with Crippen molar-refractivity contribution < 1.29 is 4.79 Å². The summed E-state index contributed by atoms with van der Waals surface area (Å²) in [6.07, 6.45) is 3.68. The Morgan fingerprint density at radius 3 is 2.13 bits per heavy atom. The largest absolute Gasteiger partial charge is 0.354 e. The van der Waals surface area contributed by atoms with Crippen LogP contribution in [0.15, 0.2) is 0 Å². The Balaban J connectivity index is 2.46. The molecule has 1 rings (SSSR count). The minimum atomic E-state index is -0.281. The van der Waals surface area contributed by atoms with Gasteiger partial charge in [-0.15, -0.1) is 0 Å². The first-order valence-corrected chi connectivity index (χ1v) is 5.74. The van der Waals surface area contributed by atoms with Crippen molar-refractivity contribution in [3.8, 4) is 0 Å². The predicted octanol–water partition coefficient (Wildman–Crippen LogP) is 1.63. The van der Waals surface area contributed by atoms with Gasteiger partial charge in [-0.05, 0) is 33.4 Å². The molecule has 1 N–H and O–H groups in total.